The Morgan fingerprint density at radius 2 is 2.29 bits per heavy atom. The van der Waals surface area contributed by atoms with Gasteiger partial charge in [0.05, 0.1) is 5.69 Å². The lowest BCUT2D eigenvalue weighted by atomic mass is 9.95. The summed E-state index contributed by atoms with van der Waals surface area (Å²) < 4.78 is 0. The molecule has 0 aliphatic heterocycles. The van der Waals surface area contributed by atoms with Crippen molar-refractivity contribution in [3.63, 3.8) is 0 Å². The van der Waals surface area contributed by atoms with Gasteiger partial charge in [0.25, 0.3) is 0 Å². The summed E-state index contributed by atoms with van der Waals surface area (Å²) in [4.78, 5) is 4.10. The predicted octanol–water partition coefficient (Wildman–Crippen LogP) is 1.09. The van der Waals surface area contributed by atoms with E-state index in [9.17, 15) is 0 Å². The summed E-state index contributed by atoms with van der Waals surface area (Å²) in [6.45, 7) is 4.72. The molecule has 14 heavy (non-hydrogen) atoms. The Labute approximate surface area is 84.2 Å². The van der Waals surface area contributed by atoms with Gasteiger partial charge in [0, 0.05) is 24.8 Å². The highest BCUT2D eigenvalue weighted by atomic mass is 16.3. The summed E-state index contributed by atoms with van der Waals surface area (Å²) in [7, 11) is 0. The molecule has 0 unspecified atom stereocenters. The molecule has 4 heteroatoms. The van der Waals surface area contributed by atoms with Crippen molar-refractivity contribution < 1.29 is 5.11 Å². The van der Waals surface area contributed by atoms with Gasteiger partial charge in [0.15, 0.2) is 0 Å². The van der Waals surface area contributed by atoms with Crippen LogP contribution in [0.2, 0.25) is 0 Å². The van der Waals surface area contributed by atoms with Crippen LogP contribution < -0.4 is 11.1 Å². The monoisotopic (exact) mass is 195 g/mol. The van der Waals surface area contributed by atoms with Crippen molar-refractivity contribution in [3.05, 3.63) is 18.3 Å². The Morgan fingerprint density at radius 1 is 1.57 bits per heavy atom. The zero-order valence-corrected chi connectivity index (χ0v) is 8.62. The quantitative estimate of drug-likeness (QED) is 0.672. The number of nitrogen functional groups attached to an aromatic ring is 1. The summed E-state index contributed by atoms with van der Waals surface area (Å²) in [5.74, 6) is 0.675. The molecule has 0 amide bonds. The molecule has 78 valence electrons. The number of nitrogens with two attached hydrogens (primary N) is 1. The second-order valence-electron chi connectivity index (χ2n) is 4.12. The fourth-order valence-corrected chi connectivity index (χ4v) is 0.944. The molecule has 1 heterocycles. The molecule has 1 aromatic rings. The summed E-state index contributed by atoms with van der Waals surface area (Å²) >= 11 is 0. The predicted molar refractivity (Wildman–Crippen MR) is 58.0 cm³/mol. The minimum absolute atomic E-state index is 0.132. The van der Waals surface area contributed by atoms with E-state index in [4.69, 9.17) is 10.8 Å². The second-order valence-corrected chi connectivity index (χ2v) is 4.12. The van der Waals surface area contributed by atoms with Gasteiger partial charge < -0.3 is 16.2 Å². The van der Waals surface area contributed by atoms with E-state index in [1.165, 1.54) is 0 Å². The molecule has 0 spiro atoms. The molecule has 0 saturated heterocycles. The second kappa shape index (κ2) is 4.28. The Morgan fingerprint density at radius 3 is 2.86 bits per heavy atom. The molecule has 0 aliphatic rings. The first kappa shape index (κ1) is 10.8. The van der Waals surface area contributed by atoms with Crippen LogP contribution in [0, 0.1) is 5.41 Å². The number of pyridine rings is 1. The Hall–Kier alpha value is -1.29. The number of anilines is 2. The van der Waals surface area contributed by atoms with Crippen molar-refractivity contribution in [1.82, 2.24) is 4.98 Å². The maximum Gasteiger partial charge on any atom is 0.149 e. The van der Waals surface area contributed by atoms with Crippen molar-refractivity contribution in [2.45, 2.75) is 13.8 Å². The van der Waals surface area contributed by atoms with Crippen LogP contribution >= 0.6 is 0 Å². The molecule has 0 bridgehead atoms. The normalized spacial score (nSPS) is 11.4. The molecular weight excluding hydrogens is 178 g/mol. The van der Waals surface area contributed by atoms with E-state index < -0.39 is 0 Å². The molecule has 0 aromatic carbocycles. The third-order valence-corrected chi connectivity index (χ3v) is 2.00. The zero-order valence-electron chi connectivity index (χ0n) is 8.62. The fraction of sp³-hybridized carbons (Fsp3) is 0.500. The van der Waals surface area contributed by atoms with Crippen molar-refractivity contribution in [2.24, 2.45) is 5.41 Å². The summed E-state index contributed by atoms with van der Waals surface area (Å²) in [6, 6.07) is 3.58. The van der Waals surface area contributed by atoms with Crippen LogP contribution in [0.4, 0.5) is 11.5 Å². The third kappa shape index (κ3) is 2.88. The summed E-state index contributed by atoms with van der Waals surface area (Å²) in [5.41, 5.74) is 6.17. The van der Waals surface area contributed by atoms with E-state index in [0.29, 0.717) is 18.1 Å². The molecule has 4 nitrogen and oxygen atoms in total. The van der Waals surface area contributed by atoms with Crippen LogP contribution in [-0.2, 0) is 0 Å². The van der Waals surface area contributed by atoms with Crippen molar-refractivity contribution in [1.29, 1.82) is 0 Å². The number of hydrogen-bond donors (Lipinski definition) is 3. The lowest BCUT2D eigenvalue weighted by molar-refractivity contribution is 0.171. The number of aromatic nitrogens is 1. The lowest BCUT2D eigenvalue weighted by Gasteiger charge is -2.22. The van der Waals surface area contributed by atoms with Crippen molar-refractivity contribution in [3.8, 4) is 0 Å². The summed E-state index contributed by atoms with van der Waals surface area (Å²) in [6.07, 6.45) is 1.69. The Bertz CT molecular complexity index is 299. The number of nitrogens with one attached hydrogen (secondary N) is 1. The third-order valence-electron chi connectivity index (χ3n) is 2.00. The number of aliphatic hydroxyl groups excluding tert-OH is 1. The molecule has 1 rings (SSSR count). The average molecular weight is 195 g/mol. The molecule has 0 saturated carbocycles. The van der Waals surface area contributed by atoms with Crippen LogP contribution in [0.1, 0.15) is 13.8 Å². The molecule has 0 radical (unpaired) electrons. The standard InChI is InChI=1S/C10H17N3O/c1-10(2,7-14)6-13-9-8(11)4-3-5-12-9/h3-5,14H,6-7,11H2,1-2H3,(H,12,13). The van der Waals surface area contributed by atoms with Gasteiger partial charge in [0.1, 0.15) is 5.82 Å². The molecular formula is C10H17N3O. The smallest absolute Gasteiger partial charge is 0.149 e. The maximum atomic E-state index is 9.05. The highest BCUT2D eigenvalue weighted by Crippen LogP contribution is 2.18. The van der Waals surface area contributed by atoms with E-state index in [-0.39, 0.29) is 12.0 Å². The first-order chi connectivity index (χ1) is 6.55. The van der Waals surface area contributed by atoms with Gasteiger partial charge in [0.2, 0.25) is 0 Å². The number of nitrogens with zero attached hydrogens (tertiary/aromatic N) is 1. The Kier molecular flexibility index (Phi) is 3.30. The average Bonchev–Trinajstić information content (AvgIpc) is 2.17. The minimum atomic E-state index is -0.163. The van der Waals surface area contributed by atoms with Gasteiger partial charge in [-0.3, -0.25) is 0 Å². The largest absolute Gasteiger partial charge is 0.396 e. The van der Waals surface area contributed by atoms with Crippen LogP contribution in [0.15, 0.2) is 18.3 Å². The fourth-order valence-electron chi connectivity index (χ4n) is 0.944. The van der Waals surface area contributed by atoms with Gasteiger partial charge in [-0.15, -0.1) is 0 Å². The molecule has 4 N–H and O–H groups in total. The van der Waals surface area contributed by atoms with Crippen LogP contribution in [0.25, 0.3) is 0 Å². The van der Waals surface area contributed by atoms with E-state index >= 15 is 0 Å². The molecule has 0 fully saturated rings. The topological polar surface area (TPSA) is 71.2 Å². The number of aliphatic hydroxyl groups is 1. The van der Waals surface area contributed by atoms with Gasteiger partial charge in [-0.05, 0) is 12.1 Å². The van der Waals surface area contributed by atoms with Crippen LogP contribution in [0.3, 0.4) is 0 Å². The highest BCUT2D eigenvalue weighted by molar-refractivity contribution is 5.60. The van der Waals surface area contributed by atoms with E-state index in [2.05, 4.69) is 10.3 Å². The van der Waals surface area contributed by atoms with E-state index in [0.717, 1.165) is 0 Å². The van der Waals surface area contributed by atoms with Crippen LogP contribution in [-0.4, -0.2) is 23.2 Å². The first-order valence-corrected chi connectivity index (χ1v) is 4.60. The SMILES string of the molecule is CC(C)(CO)CNc1ncccc1N. The van der Waals surface area contributed by atoms with Crippen LogP contribution in [0.5, 0.6) is 0 Å². The number of hydrogen-bond acceptors (Lipinski definition) is 4. The maximum absolute atomic E-state index is 9.05. The van der Waals surface area contributed by atoms with Gasteiger partial charge in [-0.25, -0.2) is 4.98 Å². The summed E-state index contributed by atoms with van der Waals surface area (Å²) in [5, 5.41) is 12.2. The Balaban J connectivity index is 2.58. The van der Waals surface area contributed by atoms with Gasteiger partial charge in [-0.2, -0.15) is 0 Å². The zero-order chi connectivity index (χ0) is 10.6. The molecule has 0 aliphatic carbocycles. The van der Waals surface area contributed by atoms with E-state index in [1.54, 1.807) is 18.3 Å². The number of rotatable bonds is 4. The molecule has 1 aromatic heterocycles. The van der Waals surface area contributed by atoms with Gasteiger partial charge >= 0.3 is 0 Å². The first-order valence-electron chi connectivity index (χ1n) is 4.60. The minimum Gasteiger partial charge on any atom is -0.396 e. The van der Waals surface area contributed by atoms with Crippen molar-refractivity contribution in [2.75, 3.05) is 24.2 Å². The lowest BCUT2D eigenvalue weighted by Crippen LogP contribution is -2.27. The van der Waals surface area contributed by atoms with E-state index in [1.807, 2.05) is 13.8 Å². The molecule has 0 atom stereocenters. The van der Waals surface area contributed by atoms with Gasteiger partial charge in [-0.1, -0.05) is 13.8 Å². The van der Waals surface area contributed by atoms with Crippen molar-refractivity contribution >= 4 is 11.5 Å². The highest BCUT2D eigenvalue weighted by Gasteiger charge is 2.16.